The molecule has 1 aromatic rings. The molecule has 1 aliphatic heterocycles. The van der Waals surface area contributed by atoms with Crippen molar-refractivity contribution in [1.82, 2.24) is 4.90 Å². The van der Waals surface area contributed by atoms with Crippen molar-refractivity contribution < 1.29 is 0 Å². The first kappa shape index (κ1) is 12.6. The maximum absolute atomic E-state index is 5.94. The molecule has 1 saturated heterocycles. The zero-order valence-electron chi connectivity index (χ0n) is 10.2. The predicted molar refractivity (Wildman–Crippen MR) is 77.4 cm³/mol. The second kappa shape index (κ2) is 6.17. The molecule has 1 aliphatic rings. The van der Waals surface area contributed by atoms with E-state index in [1.165, 1.54) is 43.1 Å². The largest absolute Gasteiger partial charge is 0.399 e. The lowest BCUT2D eigenvalue weighted by Gasteiger charge is -2.26. The first-order valence-corrected chi connectivity index (χ1v) is 7.35. The van der Waals surface area contributed by atoms with E-state index in [0.29, 0.717) is 0 Å². The van der Waals surface area contributed by atoms with Crippen molar-refractivity contribution in [2.45, 2.75) is 12.8 Å². The minimum atomic E-state index is 0.809. The molecule has 94 valence electrons. The number of anilines is 2. The van der Waals surface area contributed by atoms with Crippen LogP contribution in [-0.4, -0.2) is 36.0 Å². The molecule has 17 heavy (non-hydrogen) atoms. The smallest absolute Gasteiger partial charge is 0.0348 e. The number of nitrogens with zero attached hydrogens (tertiary/aromatic N) is 1. The van der Waals surface area contributed by atoms with Gasteiger partial charge in [-0.25, -0.2) is 0 Å². The van der Waals surface area contributed by atoms with Crippen molar-refractivity contribution in [3.8, 4) is 0 Å². The Bertz CT molecular complexity index is 362. The fourth-order valence-electron chi connectivity index (χ4n) is 2.16. The van der Waals surface area contributed by atoms with Gasteiger partial charge in [-0.1, -0.05) is 0 Å². The average Bonchev–Trinajstić information content (AvgIpc) is 2.35. The van der Waals surface area contributed by atoms with E-state index in [-0.39, 0.29) is 0 Å². The Balaban J connectivity index is 1.79. The first-order chi connectivity index (χ1) is 8.25. The third-order valence-electron chi connectivity index (χ3n) is 3.19. The van der Waals surface area contributed by atoms with E-state index in [1.54, 1.807) is 0 Å². The van der Waals surface area contributed by atoms with Gasteiger partial charge in [-0.05, 0) is 43.1 Å². The second-order valence-electron chi connectivity index (χ2n) is 4.52. The van der Waals surface area contributed by atoms with Crippen LogP contribution in [0.15, 0.2) is 18.2 Å². The molecule has 4 heteroatoms. The summed E-state index contributed by atoms with van der Waals surface area (Å²) in [6.07, 6.45) is 2.19. The molecule has 0 atom stereocenters. The summed E-state index contributed by atoms with van der Waals surface area (Å²) in [5, 5.41) is 0. The zero-order valence-corrected chi connectivity index (χ0v) is 11.0. The molecule has 0 saturated carbocycles. The summed E-state index contributed by atoms with van der Waals surface area (Å²) >= 11 is 2.05. The number of aryl methyl sites for hydroxylation is 1. The highest BCUT2D eigenvalue weighted by Gasteiger charge is 2.09. The average molecular weight is 251 g/mol. The Morgan fingerprint density at radius 3 is 2.71 bits per heavy atom. The molecule has 4 N–H and O–H groups in total. The van der Waals surface area contributed by atoms with E-state index in [9.17, 15) is 0 Å². The van der Waals surface area contributed by atoms with Gasteiger partial charge in [-0.15, -0.1) is 0 Å². The van der Waals surface area contributed by atoms with Gasteiger partial charge in [0.05, 0.1) is 0 Å². The molecular formula is C13H21N3S. The highest BCUT2D eigenvalue weighted by Crippen LogP contribution is 2.18. The van der Waals surface area contributed by atoms with Crippen LogP contribution in [0, 0.1) is 0 Å². The molecule has 0 bridgehead atoms. The van der Waals surface area contributed by atoms with Crippen LogP contribution in [0.25, 0.3) is 0 Å². The second-order valence-corrected chi connectivity index (χ2v) is 5.74. The van der Waals surface area contributed by atoms with Gasteiger partial charge in [-0.3, -0.25) is 0 Å². The Morgan fingerprint density at radius 2 is 1.94 bits per heavy atom. The summed E-state index contributed by atoms with van der Waals surface area (Å²) in [6.45, 7) is 3.64. The van der Waals surface area contributed by atoms with Crippen LogP contribution in [0.1, 0.15) is 12.0 Å². The minimum Gasteiger partial charge on any atom is -0.399 e. The lowest BCUT2D eigenvalue weighted by Crippen LogP contribution is -2.33. The highest BCUT2D eigenvalue weighted by atomic mass is 32.2. The molecule has 2 rings (SSSR count). The third-order valence-corrected chi connectivity index (χ3v) is 4.13. The number of rotatable bonds is 4. The summed E-state index contributed by atoms with van der Waals surface area (Å²) in [6, 6.07) is 5.77. The van der Waals surface area contributed by atoms with Crippen LogP contribution in [0.3, 0.4) is 0 Å². The highest BCUT2D eigenvalue weighted by molar-refractivity contribution is 7.99. The number of nitrogens with two attached hydrogens (primary N) is 2. The fourth-order valence-corrected chi connectivity index (χ4v) is 3.14. The van der Waals surface area contributed by atoms with Crippen LogP contribution in [-0.2, 0) is 6.42 Å². The third kappa shape index (κ3) is 3.82. The van der Waals surface area contributed by atoms with Crippen LogP contribution >= 0.6 is 11.8 Å². The maximum atomic E-state index is 5.94. The number of benzene rings is 1. The molecule has 1 heterocycles. The number of thioether (sulfide) groups is 1. The van der Waals surface area contributed by atoms with E-state index in [2.05, 4.69) is 16.7 Å². The van der Waals surface area contributed by atoms with Crippen molar-refractivity contribution in [3.05, 3.63) is 23.8 Å². The maximum Gasteiger partial charge on any atom is 0.0348 e. The molecule has 1 aromatic carbocycles. The van der Waals surface area contributed by atoms with Gasteiger partial charge in [0.2, 0.25) is 0 Å². The predicted octanol–water partition coefficient (Wildman–Crippen LogP) is 1.83. The Labute approximate surface area is 108 Å². The van der Waals surface area contributed by atoms with E-state index in [4.69, 9.17) is 11.5 Å². The van der Waals surface area contributed by atoms with Crippen LogP contribution in [0.2, 0.25) is 0 Å². The topological polar surface area (TPSA) is 55.3 Å². The SMILES string of the molecule is Nc1ccc(N)c(CCCN2CCSCC2)c1. The molecule has 3 nitrogen and oxygen atoms in total. The van der Waals surface area contributed by atoms with Gasteiger partial charge in [0.1, 0.15) is 0 Å². The normalized spacial score (nSPS) is 17.2. The summed E-state index contributed by atoms with van der Waals surface area (Å²) in [7, 11) is 0. The first-order valence-electron chi connectivity index (χ1n) is 6.19. The summed E-state index contributed by atoms with van der Waals surface area (Å²) in [4.78, 5) is 2.54. The molecule has 0 radical (unpaired) electrons. The van der Waals surface area contributed by atoms with E-state index >= 15 is 0 Å². The molecule has 0 aliphatic carbocycles. The van der Waals surface area contributed by atoms with Gasteiger partial charge < -0.3 is 16.4 Å². The lowest BCUT2D eigenvalue weighted by atomic mass is 10.1. The van der Waals surface area contributed by atoms with Crippen molar-refractivity contribution in [2.24, 2.45) is 0 Å². The number of hydrogen-bond donors (Lipinski definition) is 2. The zero-order chi connectivity index (χ0) is 12.1. The van der Waals surface area contributed by atoms with Gasteiger partial charge in [-0.2, -0.15) is 11.8 Å². The van der Waals surface area contributed by atoms with Gasteiger partial charge >= 0.3 is 0 Å². The molecule has 1 fully saturated rings. The molecule has 0 amide bonds. The number of nitrogen functional groups attached to an aromatic ring is 2. The summed E-state index contributed by atoms with van der Waals surface area (Å²) in [5.74, 6) is 2.56. The monoisotopic (exact) mass is 251 g/mol. The minimum absolute atomic E-state index is 0.809. The standard InChI is InChI=1S/C13H21N3S/c14-12-3-4-13(15)11(10-12)2-1-5-16-6-8-17-9-7-16/h3-4,10H,1-2,5-9,14-15H2. The number of hydrogen-bond acceptors (Lipinski definition) is 4. The van der Waals surface area contributed by atoms with E-state index < -0.39 is 0 Å². The Morgan fingerprint density at radius 1 is 1.18 bits per heavy atom. The summed E-state index contributed by atoms with van der Waals surface area (Å²) in [5.41, 5.74) is 14.6. The quantitative estimate of drug-likeness (QED) is 0.802. The van der Waals surface area contributed by atoms with E-state index in [0.717, 1.165) is 17.8 Å². The molecule has 0 spiro atoms. The molecule has 0 unspecified atom stereocenters. The fraction of sp³-hybridized carbons (Fsp3) is 0.538. The van der Waals surface area contributed by atoms with Crippen LogP contribution in [0.4, 0.5) is 11.4 Å². The van der Waals surface area contributed by atoms with Gasteiger partial charge in [0.15, 0.2) is 0 Å². The van der Waals surface area contributed by atoms with Crippen molar-refractivity contribution >= 4 is 23.1 Å². The van der Waals surface area contributed by atoms with Crippen LogP contribution in [0.5, 0.6) is 0 Å². The molecule has 0 aromatic heterocycles. The lowest BCUT2D eigenvalue weighted by molar-refractivity contribution is 0.299. The molecular weight excluding hydrogens is 230 g/mol. The van der Waals surface area contributed by atoms with E-state index in [1.807, 2.05) is 18.2 Å². The van der Waals surface area contributed by atoms with Crippen molar-refractivity contribution in [1.29, 1.82) is 0 Å². The van der Waals surface area contributed by atoms with Crippen molar-refractivity contribution in [3.63, 3.8) is 0 Å². The van der Waals surface area contributed by atoms with Gasteiger partial charge in [0.25, 0.3) is 0 Å². The Hall–Kier alpha value is -0.870. The van der Waals surface area contributed by atoms with Crippen molar-refractivity contribution in [2.75, 3.05) is 42.6 Å². The van der Waals surface area contributed by atoms with Crippen LogP contribution < -0.4 is 11.5 Å². The summed E-state index contributed by atoms with van der Waals surface area (Å²) < 4.78 is 0. The van der Waals surface area contributed by atoms with Gasteiger partial charge in [0, 0.05) is 36.0 Å². The Kier molecular flexibility index (Phi) is 4.57.